The van der Waals surface area contributed by atoms with E-state index in [9.17, 15) is 9.59 Å². The highest BCUT2D eigenvalue weighted by atomic mass is 16.2. The van der Waals surface area contributed by atoms with Crippen molar-refractivity contribution in [3.05, 3.63) is 29.8 Å². The van der Waals surface area contributed by atoms with E-state index in [0.29, 0.717) is 17.8 Å². The van der Waals surface area contributed by atoms with Gasteiger partial charge in [-0.05, 0) is 64.2 Å². The van der Waals surface area contributed by atoms with Crippen LogP contribution in [-0.2, 0) is 0 Å². The third-order valence-electron chi connectivity index (χ3n) is 3.80. The summed E-state index contributed by atoms with van der Waals surface area (Å²) in [6.45, 7) is 4.48. The summed E-state index contributed by atoms with van der Waals surface area (Å²) >= 11 is 0. The number of carbonyl (C=O) groups excluding carboxylic acids is 2. The lowest BCUT2D eigenvalue weighted by molar-refractivity contribution is 0.0956. The van der Waals surface area contributed by atoms with Crippen molar-refractivity contribution < 1.29 is 9.59 Å². The molecule has 1 saturated heterocycles. The zero-order valence-electron chi connectivity index (χ0n) is 13.2. The second-order valence-corrected chi connectivity index (χ2v) is 5.61. The van der Waals surface area contributed by atoms with Gasteiger partial charge in [-0.2, -0.15) is 0 Å². The monoisotopic (exact) mass is 304 g/mol. The summed E-state index contributed by atoms with van der Waals surface area (Å²) in [4.78, 5) is 25.9. The highest BCUT2D eigenvalue weighted by Crippen LogP contribution is 2.11. The van der Waals surface area contributed by atoms with Gasteiger partial charge in [0.2, 0.25) is 0 Å². The Hall–Kier alpha value is -2.08. The van der Waals surface area contributed by atoms with Gasteiger partial charge in [-0.3, -0.25) is 4.79 Å². The Morgan fingerprint density at radius 1 is 1.18 bits per heavy atom. The van der Waals surface area contributed by atoms with Crippen LogP contribution in [-0.4, -0.2) is 49.6 Å². The molecule has 3 N–H and O–H groups in total. The molecule has 0 aliphatic carbocycles. The molecule has 0 aromatic heterocycles. The molecular weight excluding hydrogens is 280 g/mol. The molecule has 22 heavy (non-hydrogen) atoms. The molecule has 0 unspecified atom stereocenters. The lowest BCUT2D eigenvalue weighted by Gasteiger charge is -2.29. The first kappa shape index (κ1) is 16.3. The molecule has 3 amide bonds. The number of hydrogen-bond donors (Lipinski definition) is 3. The van der Waals surface area contributed by atoms with Gasteiger partial charge >= 0.3 is 6.03 Å². The van der Waals surface area contributed by atoms with Crippen LogP contribution in [0.15, 0.2) is 24.3 Å². The maximum atomic E-state index is 12.0. The third-order valence-corrected chi connectivity index (χ3v) is 3.80. The minimum atomic E-state index is -0.194. The summed E-state index contributed by atoms with van der Waals surface area (Å²) in [5.41, 5.74) is 1.27. The van der Waals surface area contributed by atoms with Crippen molar-refractivity contribution in [2.45, 2.75) is 25.8 Å². The molecule has 120 valence electrons. The van der Waals surface area contributed by atoms with Crippen molar-refractivity contribution in [1.29, 1.82) is 0 Å². The third kappa shape index (κ3) is 4.73. The van der Waals surface area contributed by atoms with Crippen molar-refractivity contribution >= 4 is 17.6 Å². The molecule has 0 atom stereocenters. The van der Waals surface area contributed by atoms with Crippen LogP contribution in [0, 0.1) is 0 Å². The number of carbonyl (C=O) groups is 2. The van der Waals surface area contributed by atoms with Gasteiger partial charge in [-0.15, -0.1) is 0 Å². The van der Waals surface area contributed by atoms with E-state index in [4.69, 9.17) is 0 Å². The Labute approximate surface area is 131 Å². The molecule has 6 heteroatoms. The van der Waals surface area contributed by atoms with Gasteiger partial charge < -0.3 is 20.9 Å². The highest BCUT2D eigenvalue weighted by Gasteiger charge is 2.18. The summed E-state index contributed by atoms with van der Waals surface area (Å²) in [6, 6.07) is 6.91. The average Bonchev–Trinajstić information content (AvgIpc) is 2.50. The van der Waals surface area contributed by atoms with E-state index in [1.807, 2.05) is 6.92 Å². The summed E-state index contributed by atoms with van der Waals surface area (Å²) in [5, 5.41) is 8.53. The molecule has 1 aliphatic rings. The maximum Gasteiger partial charge on any atom is 0.319 e. The van der Waals surface area contributed by atoms with Crippen LogP contribution < -0.4 is 16.0 Å². The normalized spacial score (nSPS) is 16.1. The predicted octanol–water partition coefficient (Wildman–Crippen LogP) is 1.65. The Bertz CT molecular complexity index is 507. The molecule has 1 aliphatic heterocycles. The molecule has 0 bridgehead atoms. The van der Waals surface area contributed by atoms with Crippen molar-refractivity contribution in [1.82, 2.24) is 15.5 Å². The zero-order chi connectivity index (χ0) is 15.9. The largest absolute Gasteiger partial charge is 0.352 e. The Balaban J connectivity index is 1.82. The smallest absolute Gasteiger partial charge is 0.319 e. The maximum absolute atomic E-state index is 12.0. The van der Waals surface area contributed by atoms with Gasteiger partial charge in [0.1, 0.15) is 0 Å². The quantitative estimate of drug-likeness (QED) is 0.792. The molecule has 1 aromatic carbocycles. The van der Waals surface area contributed by atoms with Crippen LogP contribution in [0.2, 0.25) is 0 Å². The van der Waals surface area contributed by atoms with E-state index in [-0.39, 0.29) is 18.0 Å². The van der Waals surface area contributed by atoms with Gasteiger partial charge in [-0.1, -0.05) is 0 Å². The molecule has 1 fully saturated rings. The van der Waals surface area contributed by atoms with Crippen LogP contribution in [0.1, 0.15) is 30.1 Å². The first-order valence-corrected chi connectivity index (χ1v) is 7.73. The topological polar surface area (TPSA) is 73.5 Å². The van der Waals surface area contributed by atoms with Crippen molar-refractivity contribution in [3.63, 3.8) is 0 Å². The molecule has 2 rings (SSSR count). The highest BCUT2D eigenvalue weighted by molar-refractivity contribution is 5.95. The lowest BCUT2D eigenvalue weighted by atomic mass is 10.1. The number of hydrogen-bond acceptors (Lipinski definition) is 3. The number of anilines is 1. The Morgan fingerprint density at radius 3 is 2.41 bits per heavy atom. The van der Waals surface area contributed by atoms with Crippen molar-refractivity contribution in [2.75, 3.05) is 32.0 Å². The van der Waals surface area contributed by atoms with Crippen LogP contribution in [0.25, 0.3) is 0 Å². The SMILES string of the molecule is CCNC(=O)c1ccc(NC(=O)NC2CCN(C)CC2)cc1. The van der Waals surface area contributed by atoms with E-state index in [1.54, 1.807) is 24.3 Å². The predicted molar refractivity (Wildman–Crippen MR) is 87.1 cm³/mol. The molecule has 0 radical (unpaired) electrons. The van der Waals surface area contributed by atoms with E-state index in [1.165, 1.54) is 0 Å². The standard InChI is InChI=1S/C16H24N4O2/c1-3-17-15(21)12-4-6-13(7-5-12)18-16(22)19-14-8-10-20(2)11-9-14/h4-7,14H,3,8-11H2,1-2H3,(H,17,21)(H2,18,19,22). The summed E-state index contributed by atoms with van der Waals surface area (Å²) in [6.07, 6.45) is 1.94. The summed E-state index contributed by atoms with van der Waals surface area (Å²) < 4.78 is 0. The van der Waals surface area contributed by atoms with Crippen LogP contribution in [0.4, 0.5) is 10.5 Å². The summed E-state index contributed by atoms with van der Waals surface area (Å²) in [7, 11) is 2.09. The zero-order valence-corrected chi connectivity index (χ0v) is 13.2. The first-order chi connectivity index (χ1) is 10.6. The van der Waals surface area contributed by atoms with Crippen LogP contribution in [0.3, 0.4) is 0 Å². The number of piperidine rings is 1. The summed E-state index contributed by atoms with van der Waals surface area (Å²) in [5.74, 6) is -0.107. The fourth-order valence-corrected chi connectivity index (χ4v) is 2.47. The Morgan fingerprint density at radius 2 is 1.82 bits per heavy atom. The number of urea groups is 1. The van der Waals surface area contributed by atoms with E-state index < -0.39 is 0 Å². The number of likely N-dealkylation sites (tertiary alicyclic amines) is 1. The van der Waals surface area contributed by atoms with Gasteiger partial charge in [0.05, 0.1) is 0 Å². The van der Waals surface area contributed by atoms with E-state index in [2.05, 4.69) is 27.9 Å². The average molecular weight is 304 g/mol. The van der Waals surface area contributed by atoms with E-state index >= 15 is 0 Å². The Kier molecular flexibility index (Phi) is 5.77. The van der Waals surface area contributed by atoms with Gasteiger partial charge in [0, 0.05) is 23.8 Å². The molecule has 6 nitrogen and oxygen atoms in total. The number of nitrogens with zero attached hydrogens (tertiary/aromatic N) is 1. The number of amides is 3. The molecular formula is C16H24N4O2. The van der Waals surface area contributed by atoms with E-state index in [0.717, 1.165) is 25.9 Å². The van der Waals surface area contributed by atoms with Crippen molar-refractivity contribution in [2.24, 2.45) is 0 Å². The first-order valence-electron chi connectivity index (χ1n) is 7.73. The number of nitrogens with one attached hydrogen (secondary N) is 3. The molecule has 1 heterocycles. The number of benzene rings is 1. The molecule has 0 saturated carbocycles. The lowest BCUT2D eigenvalue weighted by Crippen LogP contribution is -2.44. The molecule has 0 spiro atoms. The van der Waals surface area contributed by atoms with Crippen LogP contribution >= 0.6 is 0 Å². The fraction of sp³-hybridized carbons (Fsp3) is 0.500. The minimum Gasteiger partial charge on any atom is -0.352 e. The number of rotatable bonds is 4. The van der Waals surface area contributed by atoms with Gasteiger partial charge in [-0.25, -0.2) is 4.79 Å². The molecule has 1 aromatic rings. The van der Waals surface area contributed by atoms with Gasteiger partial charge in [0.15, 0.2) is 0 Å². The van der Waals surface area contributed by atoms with Crippen LogP contribution in [0.5, 0.6) is 0 Å². The van der Waals surface area contributed by atoms with Crippen molar-refractivity contribution in [3.8, 4) is 0 Å². The fourth-order valence-electron chi connectivity index (χ4n) is 2.47. The minimum absolute atomic E-state index is 0.107. The second kappa shape index (κ2) is 7.79. The van der Waals surface area contributed by atoms with Gasteiger partial charge in [0.25, 0.3) is 5.91 Å². The second-order valence-electron chi connectivity index (χ2n) is 5.61.